The molecule has 0 aliphatic carbocycles. The summed E-state index contributed by atoms with van der Waals surface area (Å²) in [5.74, 6) is -0.103. The fourth-order valence-corrected chi connectivity index (χ4v) is 2.50. The summed E-state index contributed by atoms with van der Waals surface area (Å²) in [5.41, 5.74) is 1.26. The third-order valence-corrected chi connectivity index (χ3v) is 3.61. The lowest BCUT2D eigenvalue weighted by atomic mass is 10.2. The molecule has 0 aliphatic heterocycles. The molecule has 0 aliphatic rings. The summed E-state index contributed by atoms with van der Waals surface area (Å²) in [6, 6.07) is 3.62. The number of nitrogens with one attached hydrogen (secondary N) is 1. The minimum Gasteiger partial charge on any atom is -0.351 e. The molecular weight excluding hydrogens is 260 g/mol. The monoisotopic (exact) mass is 272 g/mol. The van der Waals surface area contributed by atoms with E-state index in [-0.39, 0.29) is 5.91 Å². The van der Waals surface area contributed by atoms with Gasteiger partial charge in [-0.2, -0.15) is 0 Å². The predicted octanol–water partition coefficient (Wildman–Crippen LogP) is 1.76. The largest absolute Gasteiger partial charge is 0.351 e. The molecule has 0 saturated heterocycles. The number of hydrogen-bond donors (Lipinski definition) is 1. The minimum atomic E-state index is -0.103. The summed E-state index contributed by atoms with van der Waals surface area (Å²) in [6.45, 7) is 0.577. The number of aromatic nitrogens is 3. The predicted molar refractivity (Wildman–Crippen MR) is 73.3 cm³/mol. The number of fused-ring (bicyclic) bond motifs is 1. The topological polar surface area (TPSA) is 59.3 Å². The van der Waals surface area contributed by atoms with E-state index in [1.165, 1.54) is 0 Å². The van der Waals surface area contributed by atoms with Crippen LogP contribution in [0.1, 0.15) is 15.4 Å². The van der Waals surface area contributed by atoms with Crippen LogP contribution in [0.3, 0.4) is 0 Å². The van der Waals surface area contributed by atoms with Gasteiger partial charge in [0.05, 0.1) is 10.6 Å². The van der Waals surface area contributed by atoms with Crippen molar-refractivity contribution in [3.63, 3.8) is 0 Å². The molecule has 6 heteroatoms. The van der Waals surface area contributed by atoms with Crippen LogP contribution in [0.5, 0.6) is 0 Å². The molecule has 0 radical (unpaired) electrons. The molecule has 3 heterocycles. The Labute approximate surface area is 113 Å². The molecule has 96 valence electrons. The quantitative estimate of drug-likeness (QED) is 0.787. The lowest BCUT2D eigenvalue weighted by Crippen LogP contribution is -2.26. The Morgan fingerprint density at radius 1 is 1.32 bits per heavy atom. The van der Waals surface area contributed by atoms with E-state index in [9.17, 15) is 4.79 Å². The normalized spacial score (nSPS) is 10.7. The number of hydrogen-bond acceptors (Lipinski definition) is 4. The van der Waals surface area contributed by atoms with Crippen LogP contribution in [0.4, 0.5) is 0 Å². The molecule has 3 aromatic heterocycles. The Hall–Kier alpha value is -2.21. The number of nitrogens with zero attached hydrogens (tertiary/aromatic N) is 3. The Balaban J connectivity index is 1.68. The lowest BCUT2D eigenvalue weighted by molar-refractivity contribution is 0.0955. The van der Waals surface area contributed by atoms with Crippen LogP contribution >= 0.6 is 11.3 Å². The van der Waals surface area contributed by atoms with Crippen molar-refractivity contribution in [1.29, 1.82) is 0 Å². The van der Waals surface area contributed by atoms with E-state index in [1.54, 1.807) is 29.8 Å². The smallest absolute Gasteiger partial charge is 0.255 e. The zero-order valence-corrected chi connectivity index (χ0v) is 10.9. The van der Waals surface area contributed by atoms with E-state index < -0.39 is 0 Å². The fraction of sp³-hybridized carbons (Fsp3) is 0.154. The van der Waals surface area contributed by atoms with Gasteiger partial charge in [-0.1, -0.05) is 0 Å². The molecule has 0 aromatic carbocycles. The van der Waals surface area contributed by atoms with E-state index in [0.29, 0.717) is 17.8 Å². The summed E-state index contributed by atoms with van der Waals surface area (Å²) >= 11 is 1.60. The second-order valence-electron chi connectivity index (χ2n) is 4.01. The van der Waals surface area contributed by atoms with Crippen molar-refractivity contribution in [1.82, 2.24) is 19.7 Å². The van der Waals surface area contributed by atoms with E-state index in [4.69, 9.17) is 0 Å². The van der Waals surface area contributed by atoms with Crippen molar-refractivity contribution in [2.24, 2.45) is 0 Å². The SMILES string of the molecule is O=C(NCCc1nccs1)c1cccn2ccnc12. The number of pyridine rings is 1. The maximum Gasteiger partial charge on any atom is 0.255 e. The molecule has 3 aromatic rings. The molecule has 0 unspecified atom stereocenters. The number of carbonyl (C=O) groups excluding carboxylic acids is 1. The molecule has 0 fully saturated rings. The third kappa shape index (κ3) is 2.48. The zero-order chi connectivity index (χ0) is 13.1. The molecule has 5 nitrogen and oxygen atoms in total. The minimum absolute atomic E-state index is 0.103. The maximum atomic E-state index is 12.1. The molecule has 0 saturated carbocycles. The first-order chi connectivity index (χ1) is 9.34. The molecule has 19 heavy (non-hydrogen) atoms. The number of amides is 1. The zero-order valence-electron chi connectivity index (χ0n) is 10.1. The van der Waals surface area contributed by atoms with Gasteiger partial charge in [0.1, 0.15) is 5.65 Å². The van der Waals surface area contributed by atoms with Gasteiger partial charge in [-0.3, -0.25) is 4.79 Å². The number of rotatable bonds is 4. The standard InChI is InChI=1S/C13H12N4OS/c18-13(16-4-3-11-14-6-9-19-11)10-2-1-7-17-8-5-15-12(10)17/h1-2,5-9H,3-4H2,(H,16,18). The van der Waals surface area contributed by atoms with Gasteiger partial charge in [-0.25, -0.2) is 9.97 Å². The van der Waals surface area contributed by atoms with Crippen molar-refractivity contribution < 1.29 is 4.79 Å². The van der Waals surface area contributed by atoms with Crippen molar-refractivity contribution in [2.45, 2.75) is 6.42 Å². The third-order valence-electron chi connectivity index (χ3n) is 2.77. The molecule has 0 spiro atoms. The molecule has 3 rings (SSSR count). The highest BCUT2D eigenvalue weighted by molar-refractivity contribution is 7.09. The van der Waals surface area contributed by atoms with E-state index in [2.05, 4.69) is 15.3 Å². The summed E-state index contributed by atoms with van der Waals surface area (Å²) < 4.78 is 1.83. The van der Waals surface area contributed by atoms with Crippen LogP contribution in [0.15, 0.2) is 42.3 Å². The molecular formula is C13H12N4OS. The van der Waals surface area contributed by atoms with Gasteiger partial charge in [-0.05, 0) is 12.1 Å². The van der Waals surface area contributed by atoms with Gasteiger partial charge in [0.25, 0.3) is 5.91 Å². The van der Waals surface area contributed by atoms with Gasteiger partial charge in [0, 0.05) is 43.1 Å². The van der Waals surface area contributed by atoms with Gasteiger partial charge in [0.2, 0.25) is 0 Å². The second kappa shape index (κ2) is 5.19. The second-order valence-corrected chi connectivity index (χ2v) is 4.99. The number of thiazole rings is 1. The Bertz CT molecular complexity index is 690. The average molecular weight is 272 g/mol. The summed E-state index contributed by atoms with van der Waals surface area (Å²) in [5, 5.41) is 5.85. The van der Waals surface area contributed by atoms with Crippen molar-refractivity contribution in [3.05, 3.63) is 52.9 Å². The molecule has 0 atom stereocenters. The fourth-order valence-electron chi connectivity index (χ4n) is 1.88. The summed E-state index contributed by atoms with van der Waals surface area (Å²) in [7, 11) is 0. The highest BCUT2D eigenvalue weighted by Gasteiger charge is 2.10. The first kappa shape index (κ1) is 11.9. The Morgan fingerprint density at radius 3 is 3.11 bits per heavy atom. The number of imidazole rings is 1. The van der Waals surface area contributed by atoms with Crippen LogP contribution in [0, 0.1) is 0 Å². The molecule has 1 N–H and O–H groups in total. The van der Waals surface area contributed by atoms with Gasteiger partial charge >= 0.3 is 0 Å². The Morgan fingerprint density at radius 2 is 2.26 bits per heavy atom. The summed E-state index contributed by atoms with van der Waals surface area (Å²) in [6.07, 6.45) is 7.89. The lowest BCUT2D eigenvalue weighted by Gasteiger charge is -2.05. The van der Waals surface area contributed by atoms with Crippen LogP contribution in [0.2, 0.25) is 0 Å². The van der Waals surface area contributed by atoms with Gasteiger partial charge in [-0.15, -0.1) is 11.3 Å². The van der Waals surface area contributed by atoms with Gasteiger partial charge < -0.3 is 9.72 Å². The van der Waals surface area contributed by atoms with Crippen LogP contribution in [0.25, 0.3) is 5.65 Å². The maximum absolute atomic E-state index is 12.1. The first-order valence-electron chi connectivity index (χ1n) is 5.93. The van der Waals surface area contributed by atoms with Crippen LogP contribution < -0.4 is 5.32 Å². The van der Waals surface area contributed by atoms with Crippen molar-refractivity contribution >= 4 is 22.9 Å². The van der Waals surface area contributed by atoms with E-state index in [1.807, 2.05) is 28.2 Å². The van der Waals surface area contributed by atoms with Gasteiger partial charge in [0.15, 0.2) is 0 Å². The number of carbonyl (C=O) groups is 1. The van der Waals surface area contributed by atoms with Crippen molar-refractivity contribution in [3.8, 4) is 0 Å². The molecule has 1 amide bonds. The van der Waals surface area contributed by atoms with Crippen LogP contribution in [-0.4, -0.2) is 26.8 Å². The summed E-state index contributed by atoms with van der Waals surface area (Å²) in [4.78, 5) is 20.5. The average Bonchev–Trinajstić information content (AvgIpc) is 3.08. The van der Waals surface area contributed by atoms with Crippen LogP contribution in [-0.2, 0) is 6.42 Å². The Kier molecular flexibility index (Phi) is 3.24. The first-order valence-corrected chi connectivity index (χ1v) is 6.81. The van der Waals surface area contributed by atoms with Crippen molar-refractivity contribution in [2.75, 3.05) is 6.54 Å². The van der Waals surface area contributed by atoms with E-state index >= 15 is 0 Å². The molecule has 0 bridgehead atoms. The highest BCUT2D eigenvalue weighted by Crippen LogP contribution is 2.08. The highest BCUT2D eigenvalue weighted by atomic mass is 32.1. The van der Waals surface area contributed by atoms with E-state index in [0.717, 1.165) is 11.4 Å².